The largest absolute Gasteiger partial charge is 0.466 e. The molecule has 100 valence electrons. The van der Waals surface area contributed by atoms with Crippen LogP contribution < -0.4 is 5.73 Å². The molecule has 2 N–H and O–H groups in total. The Balaban J connectivity index is 2.72. The van der Waals surface area contributed by atoms with Crippen LogP contribution in [0.5, 0.6) is 0 Å². The summed E-state index contributed by atoms with van der Waals surface area (Å²) < 4.78 is 41.0. The molecule has 0 aliphatic carbocycles. The maximum Gasteiger partial charge on any atom is 0.449 e. The molecule has 0 saturated heterocycles. The topological polar surface area (TPSA) is 77.6 Å². The molecule has 1 aromatic rings. The fourth-order valence-corrected chi connectivity index (χ4v) is 1.65. The second-order valence-corrected chi connectivity index (χ2v) is 3.93. The predicted octanol–water partition coefficient (Wildman–Crippen LogP) is 1.80. The highest BCUT2D eigenvalue weighted by atomic mass is 32.1. The number of amidine groups is 1. The van der Waals surface area contributed by atoms with Crippen molar-refractivity contribution in [1.82, 2.24) is 4.98 Å². The molecule has 9 heteroatoms. The van der Waals surface area contributed by atoms with Gasteiger partial charge in [0.25, 0.3) is 0 Å². The number of rotatable bonds is 4. The van der Waals surface area contributed by atoms with Crippen LogP contribution in [0.25, 0.3) is 0 Å². The highest BCUT2D eigenvalue weighted by Gasteiger charge is 2.33. The third kappa shape index (κ3) is 4.32. The minimum absolute atomic E-state index is 0.105. The van der Waals surface area contributed by atoms with Gasteiger partial charge in [0, 0.05) is 5.38 Å². The Hall–Kier alpha value is -1.64. The Morgan fingerprint density at radius 2 is 2.28 bits per heavy atom. The Labute approximate surface area is 104 Å². The van der Waals surface area contributed by atoms with Gasteiger partial charge in [-0.1, -0.05) is 0 Å². The van der Waals surface area contributed by atoms with Crippen molar-refractivity contribution in [3.63, 3.8) is 0 Å². The summed E-state index contributed by atoms with van der Waals surface area (Å²) in [6.07, 6.45) is -4.79. The number of carbonyl (C=O) groups is 1. The first-order chi connectivity index (χ1) is 8.32. The molecule has 1 heterocycles. The van der Waals surface area contributed by atoms with Crippen LogP contribution in [-0.4, -0.2) is 29.6 Å². The Kier molecular flexibility index (Phi) is 4.65. The molecule has 0 aliphatic heterocycles. The van der Waals surface area contributed by atoms with E-state index in [0.717, 1.165) is 11.3 Å². The maximum atomic E-state index is 12.1. The molecule has 0 bridgehead atoms. The van der Waals surface area contributed by atoms with Crippen LogP contribution in [0.15, 0.2) is 10.4 Å². The fourth-order valence-electron chi connectivity index (χ4n) is 0.955. The lowest BCUT2D eigenvalue weighted by molar-refractivity contribution is -0.142. The average molecular weight is 281 g/mol. The van der Waals surface area contributed by atoms with Crippen LogP contribution in [-0.2, 0) is 16.0 Å². The highest BCUT2D eigenvalue weighted by Crippen LogP contribution is 2.22. The molecule has 0 saturated carbocycles. The second kappa shape index (κ2) is 5.80. The molecule has 0 atom stereocenters. The van der Waals surface area contributed by atoms with Gasteiger partial charge in [-0.3, -0.25) is 4.79 Å². The first kappa shape index (κ1) is 14.4. The maximum absolute atomic E-state index is 12.1. The van der Waals surface area contributed by atoms with E-state index in [0.29, 0.717) is 5.69 Å². The van der Waals surface area contributed by atoms with Crippen LogP contribution in [0.4, 0.5) is 18.3 Å². The van der Waals surface area contributed by atoms with E-state index < -0.39 is 18.0 Å². The number of hydrogen-bond donors (Lipinski definition) is 1. The normalized spacial score (nSPS) is 12.6. The van der Waals surface area contributed by atoms with Crippen molar-refractivity contribution in [2.45, 2.75) is 19.5 Å². The average Bonchev–Trinajstić information content (AvgIpc) is 2.64. The summed E-state index contributed by atoms with van der Waals surface area (Å²) in [6.45, 7) is 1.88. The van der Waals surface area contributed by atoms with E-state index in [1.807, 2.05) is 0 Å². The number of nitrogens with zero attached hydrogens (tertiary/aromatic N) is 2. The number of alkyl halides is 3. The number of hydrogen-bond acceptors (Lipinski definition) is 5. The van der Waals surface area contributed by atoms with Gasteiger partial charge >= 0.3 is 12.1 Å². The van der Waals surface area contributed by atoms with E-state index in [9.17, 15) is 18.0 Å². The summed E-state index contributed by atoms with van der Waals surface area (Å²) in [5.41, 5.74) is 5.04. The second-order valence-electron chi connectivity index (χ2n) is 3.10. The first-order valence-electron chi connectivity index (χ1n) is 4.84. The van der Waals surface area contributed by atoms with Crippen LogP contribution in [0.3, 0.4) is 0 Å². The van der Waals surface area contributed by atoms with Crippen molar-refractivity contribution in [3.8, 4) is 0 Å². The molecule has 0 spiro atoms. The van der Waals surface area contributed by atoms with Gasteiger partial charge in [0.2, 0.25) is 11.0 Å². The van der Waals surface area contributed by atoms with Crippen LogP contribution >= 0.6 is 11.3 Å². The monoisotopic (exact) mass is 281 g/mol. The van der Waals surface area contributed by atoms with E-state index in [1.54, 1.807) is 6.92 Å². The number of aromatic nitrogens is 1. The quantitative estimate of drug-likeness (QED) is 0.518. The third-order valence-electron chi connectivity index (χ3n) is 1.68. The standard InChI is InChI=1S/C9H10F3N3O2S/c1-2-17-6(16)3-5-4-18-8(14-5)15-7(13)9(10,11)12/h4H,2-3H2,1H3,(H2,13,14,15). The molecule has 0 fully saturated rings. The molecule has 18 heavy (non-hydrogen) atoms. The Morgan fingerprint density at radius 3 is 2.83 bits per heavy atom. The van der Waals surface area contributed by atoms with Gasteiger partial charge in [-0.15, -0.1) is 11.3 Å². The summed E-state index contributed by atoms with van der Waals surface area (Å²) in [5.74, 6) is -1.97. The molecule has 0 unspecified atom stereocenters. The van der Waals surface area contributed by atoms with Gasteiger partial charge in [-0.05, 0) is 6.92 Å². The molecular weight excluding hydrogens is 271 g/mol. The predicted molar refractivity (Wildman–Crippen MR) is 59.8 cm³/mol. The Morgan fingerprint density at radius 1 is 1.61 bits per heavy atom. The van der Waals surface area contributed by atoms with Gasteiger partial charge in [-0.25, -0.2) is 4.98 Å². The van der Waals surface area contributed by atoms with Crippen LogP contribution in [0, 0.1) is 0 Å². The minimum atomic E-state index is -4.69. The number of carbonyl (C=O) groups excluding carboxylic acids is 1. The van der Waals surface area contributed by atoms with Crippen molar-refractivity contribution in [2.75, 3.05) is 6.61 Å². The number of ether oxygens (including phenoxy) is 1. The zero-order valence-corrected chi connectivity index (χ0v) is 10.1. The van der Waals surface area contributed by atoms with Crippen molar-refractivity contribution in [3.05, 3.63) is 11.1 Å². The van der Waals surface area contributed by atoms with Crippen molar-refractivity contribution in [2.24, 2.45) is 10.7 Å². The van der Waals surface area contributed by atoms with Gasteiger partial charge in [0.15, 0.2) is 0 Å². The SMILES string of the molecule is CCOC(=O)Cc1csc(/N=C(\N)C(F)(F)F)n1. The van der Waals surface area contributed by atoms with Crippen molar-refractivity contribution < 1.29 is 22.7 Å². The van der Waals surface area contributed by atoms with Gasteiger partial charge in [0.05, 0.1) is 18.7 Å². The molecule has 0 radical (unpaired) electrons. The first-order valence-corrected chi connectivity index (χ1v) is 5.72. The van der Waals surface area contributed by atoms with E-state index in [4.69, 9.17) is 5.73 Å². The third-order valence-corrected chi connectivity index (χ3v) is 2.46. The van der Waals surface area contributed by atoms with E-state index in [2.05, 4.69) is 14.7 Å². The lowest BCUT2D eigenvalue weighted by atomic mass is 10.3. The number of nitrogens with two attached hydrogens (primary N) is 1. The van der Waals surface area contributed by atoms with Gasteiger partial charge < -0.3 is 10.5 Å². The van der Waals surface area contributed by atoms with Crippen molar-refractivity contribution in [1.29, 1.82) is 0 Å². The smallest absolute Gasteiger partial charge is 0.449 e. The fraction of sp³-hybridized carbons (Fsp3) is 0.444. The lowest BCUT2D eigenvalue weighted by Gasteiger charge is -2.02. The lowest BCUT2D eigenvalue weighted by Crippen LogP contribution is -2.30. The van der Waals surface area contributed by atoms with E-state index in [-0.39, 0.29) is 18.2 Å². The zero-order chi connectivity index (χ0) is 13.8. The molecule has 0 amide bonds. The number of aliphatic imine (C=N–C) groups is 1. The Bertz CT molecular complexity index is 456. The van der Waals surface area contributed by atoms with Crippen molar-refractivity contribution >= 4 is 28.3 Å². The van der Waals surface area contributed by atoms with Gasteiger partial charge in [-0.2, -0.15) is 18.2 Å². The number of thiazole rings is 1. The van der Waals surface area contributed by atoms with Crippen LogP contribution in [0.1, 0.15) is 12.6 Å². The summed E-state index contributed by atoms with van der Waals surface area (Å²) >= 11 is 0.868. The number of halogens is 3. The number of esters is 1. The molecule has 0 aliphatic rings. The van der Waals surface area contributed by atoms with Gasteiger partial charge in [0.1, 0.15) is 0 Å². The van der Waals surface area contributed by atoms with E-state index in [1.165, 1.54) is 5.38 Å². The molecule has 0 aromatic carbocycles. The summed E-state index contributed by atoms with van der Waals surface area (Å²) in [5, 5.41) is 1.28. The minimum Gasteiger partial charge on any atom is -0.466 e. The van der Waals surface area contributed by atoms with E-state index >= 15 is 0 Å². The van der Waals surface area contributed by atoms with Crippen LogP contribution in [0.2, 0.25) is 0 Å². The molecule has 1 rings (SSSR count). The zero-order valence-electron chi connectivity index (χ0n) is 9.32. The highest BCUT2D eigenvalue weighted by molar-refractivity contribution is 7.13. The summed E-state index contributed by atoms with van der Waals surface area (Å²) in [4.78, 5) is 18.0. The summed E-state index contributed by atoms with van der Waals surface area (Å²) in [7, 11) is 0. The summed E-state index contributed by atoms with van der Waals surface area (Å²) in [6, 6.07) is 0. The molecular formula is C9H10F3N3O2S. The molecule has 5 nitrogen and oxygen atoms in total. The molecule has 1 aromatic heterocycles.